The lowest BCUT2D eigenvalue weighted by atomic mass is 9.82. The van der Waals surface area contributed by atoms with E-state index in [4.69, 9.17) is 23.7 Å². The number of piperidine rings is 1. The minimum Gasteiger partial charge on any atom is -0.456 e. The number of amides is 1. The highest BCUT2D eigenvalue weighted by Crippen LogP contribution is 2.39. The van der Waals surface area contributed by atoms with Crippen molar-refractivity contribution in [1.82, 2.24) is 4.90 Å². The number of methoxy groups -OCH3 is 3. The van der Waals surface area contributed by atoms with Crippen molar-refractivity contribution in [3.8, 4) is 0 Å². The lowest BCUT2D eigenvalue weighted by Gasteiger charge is -2.47. The Morgan fingerprint density at radius 2 is 1.56 bits per heavy atom. The first-order valence-corrected chi connectivity index (χ1v) is 19.8. The van der Waals surface area contributed by atoms with Gasteiger partial charge in [-0.3, -0.25) is 14.4 Å². The molecule has 4 rings (SSSR count). The third-order valence-electron chi connectivity index (χ3n) is 12.3. The first kappa shape index (κ1) is 44.2. The van der Waals surface area contributed by atoms with E-state index in [1.165, 1.54) is 19.1 Å². The van der Waals surface area contributed by atoms with Crippen LogP contribution in [0.15, 0.2) is 23.3 Å². The van der Waals surface area contributed by atoms with Crippen molar-refractivity contribution in [2.45, 2.75) is 160 Å². The second-order valence-electron chi connectivity index (χ2n) is 16.5. The summed E-state index contributed by atoms with van der Waals surface area (Å²) in [5, 5.41) is 33.8. The maximum atomic E-state index is 14.2. The molecule has 0 radical (unpaired) electrons. The van der Waals surface area contributed by atoms with Crippen LogP contribution in [-0.4, -0.2) is 126 Å². The van der Waals surface area contributed by atoms with Gasteiger partial charge in [0.25, 0.3) is 11.7 Å². The van der Waals surface area contributed by atoms with E-state index in [9.17, 15) is 34.5 Å². The highest BCUT2D eigenvalue weighted by atomic mass is 16.7. The fraction of sp³-hybridized carbons (Fsp3) is 0.805. The average molecular weight is 764 g/mol. The van der Waals surface area contributed by atoms with Crippen LogP contribution in [0.5, 0.6) is 0 Å². The van der Waals surface area contributed by atoms with Crippen LogP contribution in [0.1, 0.15) is 105 Å². The van der Waals surface area contributed by atoms with Gasteiger partial charge in [-0.1, -0.05) is 38.5 Å². The molecule has 1 aliphatic carbocycles. The van der Waals surface area contributed by atoms with Gasteiger partial charge in [-0.05, 0) is 89.0 Å². The van der Waals surface area contributed by atoms with Gasteiger partial charge in [0.15, 0.2) is 0 Å². The fourth-order valence-electron chi connectivity index (χ4n) is 8.87. The van der Waals surface area contributed by atoms with Gasteiger partial charge >= 0.3 is 5.97 Å². The highest BCUT2D eigenvalue weighted by molar-refractivity contribution is 6.39. The van der Waals surface area contributed by atoms with E-state index in [-0.39, 0.29) is 56.0 Å². The fourth-order valence-corrected chi connectivity index (χ4v) is 8.87. The summed E-state index contributed by atoms with van der Waals surface area (Å²) in [6.45, 7) is 9.25. The van der Waals surface area contributed by atoms with Crippen molar-refractivity contribution in [2.75, 3.05) is 27.9 Å². The summed E-state index contributed by atoms with van der Waals surface area (Å²) in [6, 6.07) is -1.13. The van der Waals surface area contributed by atoms with Crippen molar-refractivity contribution in [3.05, 3.63) is 23.3 Å². The van der Waals surface area contributed by atoms with Gasteiger partial charge in [0, 0.05) is 52.6 Å². The maximum Gasteiger partial charge on any atom is 0.329 e. The number of Topliss-reactive ketones (excluding diaryl/α,β-unsaturated/α-hetero) is 2. The molecule has 2 bridgehead atoms. The molecule has 1 saturated carbocycles. The Labute approximate surface area is 320 Å². The highest BCUT2D eigenvalue weighted by Gasteiger charge is 2.56. The van der Waals surface area contributed by atoms with Gasteiger partial charge in [0.05, 0.1) is 30.5 Å². The van der Waals surface area contributed by atoms with Crippen molar-refractivity contribution < 1.29 is 58.2 Å². The molecule has 0 aromatic rings. The molecule has 3 aliphatic heterocycles. The van der Waals surface area contributed by atoms with E-state index in [0.717, 1.165) is 5.57 Å². The molecule has 306 valence electrons. The number of aliphatic hydroxyl groups is 3. The summed E-state index contributed by atoms with van der Waals surface area (Å²) in [4.78, 5) is 56.9. The zero-order valence-electron chi connectivity index (χ0n) is 33.5. The normalized spacial score (nSPS) is 41.3. The van der Waals surface area contributed by atoms with E-state index in [2.05, 4.69) is 0 Å². The summed E-state index contributed by atoms with van der Waals surface area (Å²) in [7, 11) is 4.61. The Morgan fingerprint density at radius 3 is 2.22 bits per heavy atom. The lowest BCUT2D eigenvalue weighted by molar-refractivity contribution is -0.302. The van der Waals surface area contributed by atoms with E-state index >= 15 is 0 Å². The standard InChI is InChI=1S/C41H65NO12/c1-23-12-14-29(43)22-32(45)27(5)36(25(3)19-28-13-15-31(44)33(21-28)50-6)53-40(48)30-11-9-10-16-42(30)39(47)38(46)41(49)26(4)20-35(52-8)37(54-41)34(51-7)18-24(2)17-23/h12,19,24,26-28,30-37,44-45,49H,9-11,13-18,20-22H2,1-8H3/b23-12-,25-19+. The number of allylic oxidation sites excluding steroid dienone is 3. The molecule has 13 atom stereocenters. The first-order chi connectivity index (χ1) is 25.5. The number of carbonyl (C=O) groups is 4. The maximum absolute atomic E-state index is 14.2. The molecular weight excluding hydrogens is 698 g/mol. The van der Waals surface area contributed by atoms with Gasteiger partial charge in [0.1, 0.15) is 24.0 Å². The zero-order chi connectivity index (χ0) is 39.9. The zero-order valence-corrected chi connectivity index (χ0v) is 33.5. The van der Waals surface area contributed by atoms with Crippen LogP contribution in [0.25, 0.3) is 0 Å². The van der Waals surface area contributed by atoms with E-state index in [0.29, 0.717) is 50.5 Å². The number of rotatable bonds is 5. The van der Waals surface area contributed by atoms with Gasteiger partial charge < -0.3 is 43.9 Å². The molecule has 13 heteroatoms. The predicted octanol–water partition coefficient (Wildman–Crippen LogP) is 3.84. The summed E-state index contributed by atoms with van der Waals surface area (Å²) in [5.41, 5.74) is 1.64. The number of hydrogen-bond acceptors (Lipinski definition) is 12. The molecular formula is C41H65NO12. The molecule has 54 heavy (non-hydrogen) atoms. The largest absolute Gasteiger partial charge is 0.456 e. The third kappa shape index (κ3) is 10.5. The van der Waals surface area contributed by atoms with Crippen LogP contribution in [-0.2, 0) is 42.9 Å². The van der Waals surface area contributed by atoms with Gasteiger partial charge in [-0.2, -0.15) is 0 Å². The molecule has 0 aromatic heterocycles. The molecule has 1 amide bonds. The summed E-state index contributed by atoms with van der Waals surface area (Å²) in [5.74, 6) is -7.07. The average Bonchev–Trinajstić information content (AvgIpc) is 3.15. The quantitative estimate of drug-likeness (QED) is 0.210. The van der Waals surface area contributed by atoms with Crippen molar-refractivity contribution in [2.24, 2.45) is 23.7 Å². The Balaban J connectivity index is 1.72. The number of ketones is 2. The molecule has 3 heterocycles. The molecule has 3 fully saturated rings. The number of esters is 1. The number of ether oxygens (including phenoxy) is 5. The van der Waals surface area contributed by atoms with Gasteiger partial charge in [0.2, 0.25) is 5.79 Å². The second-order valence-corrected chi connectivity index (χ2v) is 16.5. The predicted molar refractivity (Wildman–Crippen MR) is 199 cm³/mol. The molecule has 0 spiro atoms. The summed E-state index contributed by atoms with van der Waals surface area (Å²) in [6.07, 6.45) is 3.27. The molecule has 4 aliphatic rings. The second kappa shape index (κ2) is 19.6. The van der Waals surface area contributed by atoms with E-state index in [1.807, 2.05) is 32.9 Å². The summed E-state index contributed by atoms with van der Waals surface area (Å²) < 4.78 is 29.6. The number of nitrogens with zero attached hydrogens (tertiary/aromatic N) is 1. The van der Waals surface area contributed by atoms with Gasteiger partial charge in [-0.25, -0.2) is 4.79 Å². The van der Waals surface area contributed by atoms with Crippen molar-refractivity contribution in [3.63, 3.8) is 0 Å². The van der Waals surface area contributed by atoms with Crippen LogP contribution in [0.2, 0.25) is 0 Å². The van der Waals surface area contributed by atoms with Crippen LogP contribution in [0.4, 0.5) is 0 Å². The minimum absolute atomic E-state index is 0.00603. The monoisotopic (exact) mass is 763 g/mol. The Morgan fingerprint density at radius 1 is 0.889 bits per heavy atom. The number of hydrogen-bond donors (Lipinski definition) is 3. The Bertz CT molecular complexity index is 1380. The van der Waals surface area contributed by atoms with E-state index in [1.54, 1.807) is 21.0 Å². The smallest absolute Gasteiger partial charge is 0.329 e. The minimum atomic E-state index is -2.49. The molecule has 3 N–H and O–H groups in total. The topological polar surface area (TPSA) is 178 Å². The number of aliphatic hydroxyl groups excluding tert-OH is 2. The van der Waals surface area contributed by atoms with Crippen molar-refractivity contribution in [1.29, 1.82) is 0 Å². The van der Waals surface area contributed by atoms with Gasteiger partial charge in [-0.15, -0.1) is 0 Å². The molecule has 2 saturated heterocycles. The third-order valence-corrected chi connectivity index (χ3v) is 12.3. The molecule has 13 nitrogen and oxygen atoms in total. The van der Waals surface area contributed by atoms with Crippen molar-refractivity contribution >= 4 is 23.4 Å². The number of fused-ring (bicyclic) bond motifs is 3. The van der Waals surface area contributed by atoms with E-state index < -0.39 is 77.9 Å². The number of cyclic esters (lactones) is 1. The SMILES string of the molecule is COC1CC(/C=C(\C)C2OC(=O)C3CCCCN3C(=O)C(=O)C3(O)OC(C(OC)CC(C)C/C(C)=C\CC(=O)CC(O)C2C)C(OC)CC3C)CCC1O. The lowest BCUT2D eigenvalue weighted by Crippen LogP contribution is -2.64. The molecule has 13 unspecified atom stereocenters. The summed E-state index contributed by atoms with van der Waals surface area (Å²) >= 11 is 0. The Kier molecular flexibility index (Phi) is 16.0. The van der Waals surface area contributed by atoms with Crippen LogP contribution < -0.4 is 0 Å². The number of carbonyl (C=O) groups excluding carboxylic acids is 4. The first-order valence-electron chi connectivity index (χ1n) is 19.8. The van der Waals surface area contributed by atoms with Crippen LogP contribution in [0.3, 0.4) is 0 Å². The Hall–Kier alpha value is -2.52. The van der Waals surface area contributed by atoms with Crippen LogP contribution >= 0.6 is 0 Å². The molecule has 0 aromatic carbocycles. The van der Waals surface area contributed by atoms with Crippen LogP contribution in [0, 0.1) is 23.7 Å².